The zero-order chi connectivity index (χ0) is 17.9. The highest BCUT2D eigenvalue weighted by atomic mass is 79.9. The first-order valence-corrected chi connectivity index (χ1v) is 9.59. The van der Waals surface area contributed by atoms with E-state index in [1.807, 2.05) is 39.0 Å². The van der Waals surface area contributed by atoms with Gasteiger partial charge in [-0.2, -0.15) is 0 Å². The van der Waals surface area contributed by atoms with Crippen molar-refractivity contribution in [3.8, 4) is 0 Å². The van der Waals surface area contributed by atoms with Gasteiger partial charge >= 0.3 is 0 Å². The number of carbonyl (C=O) groups excluding carboxylic acids is 1. The monoisotopic (exact) mass is 417 g/mol. The summed E-state index contributed by atoms with van der Waals surface area (Å²) in [6.45, 7) is 5.82. The van der Waals surface area contributed by atoms with E-state index in [2.05, 4.69) is 20.9 Å². The Labute approximate surface area is 157 Å². The van der Waals surface area contributed by atoms with Gasteiger partial charge in [-0.05, 0) is 51.0 Å². The van der Waals surface area contributed by atoms with E-state index in [9.17, 15) is 9.59 Å². The Balaban J connectivity index is 1.85. The molecule has 0 unspecified atom stereocenters. The Hall–Kier alpha value is -1.99. The third-order valence-corrected chi connectivity index (χ3v) is 6.29. The molecule has 0 fully saturated rings. The van der Waals surface area contributed by atoms with Crippen LogP contribution in [0.15, 0.2) is 33.7 Å². The maximum atomic E-state index is 13.2. The van der Waals surface area contributed by atoms with Gasteiger partial charge in [-0.3, -0.25) is 14.0 Å². The van der Waals surface area contributed by atoms with Crippen LogP contribution in [-0.4, -0.2) is 21.3 Å². The zero-order valence-corrected chi connectivity index (χ0v) is 16.4. The molecule has 0 aliphatic carbocycles. The van der Waals surface area contributed by atoms with E-state index in [-0.39, 0.29) is 23.1 Å². The molecule has 0 radical (unpaired) electrons. The number of anilines is 1. The number of hydrogen-bond acceptors (Lipinski definition) is 4. The van der Waals surface area contributed by atoms with E-state index in [4.69, 9.17) is 0 Å². The molecule has 0 saturated carbocycles. The molecular formula is C18H16BrN3O2S. The summed E-state index contributed by atoms with van der Waals surface area (Å²) in [7, 11) is 0. The molecule has 0 bridgehead atoms. The number of benzene rings is 1. The van der Waals surface area contributed by atoms with E-state index in [1.165, 1.54) is 21.9 Å². The smallest absolute Gasteiger partial charge is 0.271 e. The van der Waals surface area contributed by atoms with Crippen LogP contribution in [-0.2, 0) is 6.42 Å². The predicted octanol–water partition coefficient (Wildman–Crippen LogP) is 3.73. The van der Waals surface area contributed by atoms with E-state index in [1.54, 1.807) is 4.90 Å². The summed E-state index contributed by atoms with van der Waals surface area (Å²) in [4.78, 5) is 33.8. The molecule has 7 heteroatoms. The summed E-state index contributed by atoms with van der Waals surface area (Å²) in [5.74, 6) is -0.288. The molecule has 1 aliphatic rings. The topological polar surface area (TPSA) is 54.7 Å². The van der Waals surface area contributed by atoms with Crippen molar-refractivity contribution in [2.24, 2.45) is 0 Å². The van der Waals surface area contributed by atoms with E-state index in [0.29, 0.717) is 4.96 Å². The van der Waals surface area contributed by atoms with Crippen LogP contribution in [0.3, 0.4) is 0 Å². The Kier molecular flexibility index (Phi) is 3.81. The van der Waals surface area contributed by atoms with Crippen molar-refractivity contribution >= 4 is 43.8 Å². The normalized spacial score (nSPS) is 16.5. The Bertz CT molecular complexity index is 1090. The number of amides is 1. The highest BCUT2D eigenvalue weighted by molar-refractivity contribution is 9.10. The lowest BCUT2D eigenvalue weighted by molar-refractivity contribution is 0.0979. The molecule has 128 valence electrons. The minimum atomic E-state index is -0.297. The quantitative estimate of drug-likeness (QED) is 0.605. The SMILES string of the molecule is Cc1sc2ncc(C(=O)N3c4ccc(Br)cc4C[C@@H]3C)c(=O)n2c1C. The van der Waals surface area contributed by atoms with Gasteiger partial charge in [-0.25, -0.2) is 4.98 Å². The lowest BCUT2D eigenvalue weighted by Gasteiger charge is -2.22. The number of nitrogens with zero attached hydrogens (tertiary/aromatic N) is 3. The molecule has 0 saturated heterocycles. The van der Waals surface area contributed by atoms with Crippen LogP contribution in [0, 0.1) is 13.8 Å². The average Bonchev–Trinajstić information content (AvgIpc) is 3.03. The second-order valence-electron chi connectivity index (χ2n) is 6.34. The van der Waals surface area contributed by atoms with Crippen molar-refractivity contribution in [3.05, 3.63) is 60.9 Å². The van der Waals surface area contributed by atoms with Crippen LogP contribution in [0.5, 0.6) is 0 Å². The van der Waals surface area contributed by atoms with Gasteiger partial charge in [0.15, 0.2) is 4.96 Å². The summed E-state index contributed by atoms with van der Waals surface area (Å²) in [5, 5.41) is 0. The maximum absolute atomic E-state index is 13.2. The van der Waals surface area contributed by atoms with Crippen molar-refractivity contribution in [1.82, 2.24) is 9.38 Å². The average molecular weight is 418 g/mol. The first kappa shape index (κ1) is 16.5. The second-order valence-corrected chi connectivity index (χ2v) is 8.44. The Morgan fingerprint density at radius 3 is 2.88 bits per heavy atom. The molecule has 4 rings (SSSR count). The van der Waals surface area contributed by atoms with Gasteiger partial charge < -0.3 is 4.90 Å². The number of aryl methyl sites for hydroxylation is 2. The fourth-order valence-corrected chi connectivity index (χ4v) is 4.70. The van der Waals surface area contributed by atoms with E-state index >= 15 is 0 Å². The summed E-state index contributed by atoms with van der Waals surface area (Å²) in [5.41, 5.74) is 2.62. The van der Waals surface area contributed by atoms with Crippen molar-refractivity contribution in [3.63, 3.8) is 0 Å². The van der Waals surface area contributed by atoms with E-state index < -0.39 is 0 Å². The van der Waals surface area contributed by atoms with Crippen molar-refractivity contribution in [2.75, 3.05) is 4.90 Å². The molecule has 1 aliphatic heterocycles. The summed E-state index contributed by atoms with van der Waals surface area (Å²) >= 11 is 4.93. The van der Waals surface area contributed by atoms with Crippen molar-refractivity contribution < 1.29 is 4.79 Å². The van der Waals surface area contributed by atoms with Crippen LogP contribution < -0.4 is 10.5 Å². The zero-order valence-electron chi connectivity index (χ0n) is 14.0. The molecule has 0 spiro atoms. The molecular weight excluding hydrogens is 402 g/mol. The minimum absolute atomic E-state index is 0.00204. The summed E-state index contributed by atoms with van der Waals surface area (Å²) in [6.07, 6.45) is 2.19. The van der Waals surface area contributed by atoms with Gasteiger partial charge in [0.25, 0.3) is 11.5 Å². The van der Waals surface area contributed by atoms with Gasteiger partial charge in [0.1, 0.15) is 5.56 Å². The lowest BCUT2D eigenvalue weighted by Crippen LogP contribution is -2.39. The fraction of sp³-hybridized carbons (Fsp3) is 0.278. The molecule has 2 aromatic heterocycles. The predicted molar refractivity (Wildman–Crippen MR) is 103 cm³/mol. The molecule has 25 heavy (non-hydrogen) atoms. The van der Waals surface area contributed by atoms with Crippen molar-refractivity contribution in [2.45, 2.75) is 33.2 Å². The molecule has 3 heterocycles. The van der Waals surface area contributed by atoms with Crippen LogP contribution in [0.4, 0.5) is 5.69 Å². The number of thiazole rings is 1. The van der Waals surface area contributed by atoms with Gasteiger partial charge in [0.2, 0.25) is 0 Å². The second kappa shape index (κ2) is 5.78. The number of fused-ring (bicyclic) bond motifs is 2. The number of aromatic nitrogens is 2. The fourth-order valence-electron chi connectivity index (χ4n) is 3.36. The molecule has 5 nitrogen and oxygen atoms in total. The highest BCUT2D eigenvalue weighted by Gasteiger charge is 2.33. The van der Waals surface area contributed by atoms with Crippen molar-refractivity contribution in [1.29, 1.82) is 0 Å². The van der Waals surface area contributed by atoms with Crippen LogP contribution >= 0.6 is 27.3 Å². The highest BCUT2D eigenvalue weighted by Crippen LogP contribution is 2.35. The van der Waals surface area contributed by atoms with Gasteiger partial charge in [0, 0.05) is 33.0 Å². The van der Waals surface area contributed by atoms with Crippen LogP contribution in [0.2, 0.25) is 0 Å². The minimum Gasteiger partial charge on any atom is -0.305 e. The molecule has 1 amide bonds. The van der Waals surface area contributed by atoms with Crippen LogP contribution in [0.1, 0.15) is 33.4 Å². The first-order chi connectivity index (χ1) is 11.9. The standard InChI is InChI=1S/C18H16BrN3O2S/c1-9-6-12-7-13(19)4-5-15(12)21(9)16(23)14-8-20-18-22(17(14)24)10(2)11(3)25-18/h4-5,7-9H,6H2,1-3H3/t9-/m0/s1. The molecule has 3 aromatic rings. The van der Waals surface area contributed by atoms with Crippen LogP contribution in [0.25, 0.3) is 4.96 Å². The third-order valence-electron chi connectivity index (χ3n) is 4.72. The molecule has 1 atom stereocenters. The summed E-state index contributed by atoms with van der Waals surface area (Å²) < 4.78 is 2.52. The third kappa shape index (κ3) is 2.45. The van der Waals surface area contributed by atoms with Gasteiger partial charge in [0.05, 0.1) is 0 Å². The number of halogens is 1. The lowest BCUT2D eigenvalue weighted by atomic mass is 10.1. The Morgan fingerprint density at radius 2 is 2.12 bits per heavy atom. The number of hydrogen-bond donors (Lipinski definition) is 0. The maximum Gasteiger partial charge on any atom is 0.271 e. The number of carbonyl (C=O) groups is 1. The van der Waals surface area contributed by atoms with E-state index in [0.717, 1.165) is 32.7 Å². The molecule has 1 aromatic carbocycles. The summed E-state index contributed by atoms with van der Waals surface area (Å²) in [6, 6.07) is 5.87. The Morgan fingerprint density at radius 1 is 1.36 bits per heavy atom. The number of rotatable bonds is 1. The first-order valence-electron chi connectivity index (χ1n) is 7.98. The largest absolute Gasteiger partial charge is 0.305 e. The van der Waals surface area contributed by atoms with Gasteiger partial charge in [-0.15, -0.1) is 11.3 Å². The van der Waals surface area contributed by atoms with Gasteiger partial charge in [-0.1, -0.05) is 15.9 Å². The molecule has 0 N–H and O–H groups in total.